The van der Waals surface area contributed by atoms with E-state index in [1.165, 1.54) is 26.4 Å². The molecule has 3 aromatic heterocycles. The molecule has 7 rings (SSSR count). The summed E-state index contributed by atoms with van der Waals surface area (Å²) in [5.41, 5.74) is 14.0. The van der Waals surface area contributed by atoms with Gasteiger partial charge in [0.25, 0.3) is 0 Å². The number of halogens is 3. The maximum absolute atomic E-state index is 15.1. The van der Waals surface area contributed by atoms with Gasteiger partial charge in [-0.2, -0.15) is 0 Å². The third-order valence-corrected chi connectivity index (χ3v) is 8.65. The molecule has 3 heterocycles. The summed E-state index contributed by atoms with van der Waals surface area (Å²) in [5, 5.41) is 7.46. The van der Waals surface area contributed by atoms with Crippen LogP contribution < -0.4 is 11.5 Å². The summed E-state index contributed by atoms with van der Waals surface area (Å²) in [5.74, 6) is -0.289. The molecule has 0 unspecified atom stereocenters. The molecule has 0 radical (unpaired) electrons. The molecule has 51 heavy (non-hydrogen) atoms. The summed E-state index contributed by atoms with van der Waals surface area (Å²) in [6.45, 7) is 6.74. The predicted octanol–water partition coefficient (Wildman–Crippen LogP) is 7.48. The first-order chi connectivity index (χ1) is 23.7. The van der Waals surface area contributed by atoms with Gasteiger partial charge in [0.05, 0.1) is 64.8 Å². The van der Waals surface area contributed by atoms with Crippen molar-refractivity contribution in [3.8, 4) is 22.3 Å². The Morgan fingerprint density at radius 3 is 1.73 bits per heavy atom. The van der Waals surface area contributed by atoms with E-state index in [1.54, 1.807) is 27.7 Å². The zero-order chi connectivity index (χ0) is 36.6. The number of ether oxygens (including phenoxy) is 2. The van der Waals surface area contributed by atoms with Gasteiger partial charge in [-0.25, -0.2) is 23.4 Å². The molecule has 0 atom stereocenters. The predicted molar refractivity (Wildman–Crippen MR) is 186 cm³/mol. The summed E-state index contributed by atoms with van der Waals surface area (Å²) in [6.07, 6.45) is 4.07. The van der Waals surface area contributed by atoms with E-state index in [2.05, 4.69) is 25.0 Å². The lowest BCUT2D eigenvalue weighted by Gasteiger charge is -2.12. The number of fused-ring (bicyclic) bond motifs is 1. The van der Waals surface area contributed by atoms with E-state index in [0.29, 0.717) is 51.3 Å². The van der Waals surface area contributed by atoms with Gasteiger partial charge >= 0.3 is 11.9 Å². The van der Waals surface area contributed by atoms with E-state index in [0.717, 1.165) is 25.7 Å². The SMILES string of the molecule is C.COC(=O)c1cc(-c2c(C)noc2C)c(F)c(N)c1N.COC(=O)c1cc(-c2c(C)noc2C)c(F)c2nc(C3CC3)[nH]c12.O=C(Cl)C1CC1. The number of H-pyrrole nitrogens is 1. The molecule has 13 nitrogen and oxygen atoms in total. The van der Waals surface area contributed by atoms with Crippen LogP contribution in [0.15, 0.2) is 21.2 Å². The third kappa shape index (κ3) is 7.72. The van der Waals surface area contributed by atoms with Crippen molar-refractivity contribution in [3.05, 3.63) is 63.6 Å². The Kier molecular flexibility index (Phi) is 11.5. The quantitative estimate of drug-likeness (QED) is 0.0885. The van der Waals surface area contributed by atoms with Crippen molar-refractivity contribution >= 4 is 51.2 Å². The Labute approximate surface area is 297 Å². The number of hydrogen-bond donors (Lipinski definition) is 3. The van der Waals surface area contributed by atoms with E-state index >= 15 is 4.39 Å². The molecule has 0 bridgehead atoms. The smallest absolute Gasteiger partial charge is 0.340 e. The van der Waals surface area contributed by atoms with E-state index < -0.39 is 23.6 Å². The van der Waals surface area contributed by atoms with Gasteiger partial charge in [0.15, 0.2) is 11.6 Å². The fourth-order valence-electron chi connectivity index (χ4n) is 5.36. The van der Waals surface area contributed by atoms with Gasteiger partial charge in [0, 0.05) is 23.0 Å². The van der Waals surface area contributed by atoms with Crippen LogP contribution >= 0.6 is 11.6 Å². The third-order valence-electron chi connectivity index (χ3n) is 8.34. The average molecular weight is 729 g/mol. The van der Waals surface area contributed by atoms with Crippen molar-refractivity contribution in [1.82, 2.24) is 20.3 Å². The van der Waals surface area contributed by atoms with Gasteiger partial charge in [-0.3, -0.25) is 4.79 Å². The number of methoxy groups -OCH3 is 2. The van der Waals surface area contributed by atoms with Crippen LogP contribution in [0.1, 0.15) is 88.5 Å². The number of rotatable bonds is 6. The second-order valence-corrected chi connectivity index (χ2v) is 12.4. The normalized spacial score (nSPS) is 13.4. The first kappa shape index (κ1) is 38.5. The number of carbonyl (C=O) groups excluding carboxylic acids is 3. The summed E-state index contributed by atoms with van der Waals surface area (Å²) >= 11 is 5.04. The number of aryl methyl sites for hydroxylation is 4. The van der Waals surface area contributed by atoms with Crippen LogP contribution in [-0.2, 0) is 14.3 Å². The number of imidazole rings is 1. The van der Waals surface area contributed by atoms with Crippen molar-refractivity contribution < 1.29 is 41.7 Å². The lowest BCUT2D eigenvalue weighted by molar-refractivity contribution is -0.112. The summed E-state index contributed by atoms with van der Waals surface area (Å²) < 4.78 is 49.0. The Morgan fingerprint density at radius 1 is 0.824 bits per heavy atom. The standard InChI is InChI=1S/C17H16FN3O3.C13H14FN3O3.C4H5ClO.CH4/c1-7-12(8(2)24-21-7)10-6-11(17(22)23-3)14-15(13(10)18)20-16(19-14)9-4-5-9;1-5-9(6(2)20-17-5)7-4-8(13(18)19-3)11(15)12(16)10(7)14;5-4(6)3-1-2-3;/h6,9H,4-5H2,1-3H3,(H,19,20);4H,15-16H2,1-3H3;3H,1-2H2;1H4. The lowest BCUT2D eigenvalue weighted by atomic mass is 9.98. The van der Waals surface area contributed by atoms with E-state index in [9.17, 15) is 18.8 Å². The zero-order valence-corrected chi connectivity index (χ0v) is 28.9. The molecule has 2 aliphatic carbocycles. The molecule has 0 aliphatic heterocycles. The van der Waals surface area contributed by atoms with Crippen molar-refractivity contribution in [2.45, 2.75) is 66.7 Å². The fraction of sp³-hybridized carbons (Fsp3) is 0.371. The van der Waals surface area contributed by atoms with Crippen LogP contribution in [0.2, 0.25) is 0 Å². The van der Waals surface area contributed by atoms with Crippen LogP contribution in [0.3, 0.4) is 0 Å². The second-order valence-electron chi connectivity index (χ2n) is 12.0. The number of aromatic nitrogens is 4. The molecule has 2 saturated carbocycles. The molecule has 2 aliphatic rings. The number of nitrogen functional groups attached to an aromatic ring is 2. The van der Waals surface area contributed by atoms with Gasteiger partial charge < -0.3 is 35.0 Å². The summed E-state index contributed by atoms with van der Waals surface area (Å²) in [7, 11) is 2.50. The molecular formula is C35H39ClF2N6O7. The summed E-state index contributed by atoms with van der Waals surface area (Å²) in [6, 6.07) is 2.77. The molecule has 2 fully saturated rings. The van der Waals surface area contributed by atoms with Crippen LogP contribution in [0.25, 0.3) is 33.3 Å². The minimum atomic E-state index is -0.718. The number of esters is 2. The van der Waals surface area contributed by atoms with Crippen LogP contribution in [-0.4, -0.2) is 51.7 Å². The van der Waals surface area contributed by atoms with E-state index in [1.807, 2.05) is 0 Å². The van der Waals surface area contributed by atoms with Gasteiger partial charge in [0.2, 0.25) is 5.24 Å². The highest BCUT2D eigenvalue weighted by Crippen LogP contribution is 2.41. The molecule has 2 aromatic carbocycles. The van der Waals surface area contributed by atoms with Crippen molar-refractivity contribution in [3.63, 3.8) is 0 Å². The minimum Gasteiger partial charge on any atom is -0.465 e. The highest BCUT2D eigenvalue weighted by molar-refractivity contribution is 6.64. The Hall–Kier alpha value is -5.31. The minimum absolute atomic E-state index is 0. The summed E-state index contributed by atoms with van der Waals surface area (Å²) in [4.78, 5) is 41.3. The number of benzene rings is 2. The van der Waals surface area contributed by atoms with Gasteiger partial charge in [0.1, 0.15) is 22.9 Å². The molecule has 5 aromatic rings. The van der Waals surface area contributed by atoms with Gasteiger partial charge in [-0.15, -0.1) is 0 Å². The molecule has 0 saturated heterocycles. The van der Waals surface area contributed by atoms with Crippen molar-refractivity contribution in [2.75, 3.05) is 25.7 Å². The van der Waals surface area contributed by atoms with Crippen molar-refractivity contribution in [1.29, 1.82) is 0 Å². The molecular weight excluding hydrogens is 690 g/mol. The number of anilines is 2. The van der Waals surface area contributed by atoms with Gasteiger partial charge in [-0.1, -0.05) is 17.7 Å². The molecule has 0 spiro atoms. The van der Waals surface area contributed by atoms with Crippen LogP contribution in [0, 0.1) is 45.2 Å². The van der Waals surface area contributed by atoms with Crippen molar-refractivity contribution in [2.24, 2.45) is 5.92 Å². The molecule has 0 amide bonds. The maximum Gasteiger partial charge on any atom is 0.340 e. The number of nitrogens with zero attached hydrogens (tertiary/aromatic N) is 3. The monoisotopic (exact) mass is 728 g/mol. The lowest BCUT2D eigenvalue weighted by Crippen LogP contribution is -2.10. The molecule has 5 N–H and O–H groups in total. The first-order valence-electron chi connectivity index (χ1n) is 15.5. The molecule has 16 heteroatoms. The number of nitrogens with one attached hydrogen (secondary N) is 1. The van der Waals surface area contributed by atoms with E-state index in [-0.39, 0.29) is 57.7 Å². The zero-order valence-electron chi connectivity index (χ0n) is 28.1. The second kappa shape index (κ2) is 15.3. The highest BCUT2D eigenvalue weighted by atomic mass is 35.5. The van der Waals surface area contributed by atoms with Gasteiger partial charge in [-0.05, 0) is 77.1 Å². The Morgan fingerprint density at radius 2 is 1.31 bits per heavy atom. The highest BCUT2D eigenvalue weighted by Gasteiger charge is 2.31. The average Bonchev–Trinajstić information content (AvgIpc) is 4.03. The fourth-order valence-corrected chi connectivity index (χ4v) is 5.57. The Bertz CT molecular complexity index is 2090. The van der Waals surface area contributed by atoms with E-state index in [4.69, 9.17) is 36.9 Å². The maximum atomic E-state index is 15.1. The molecule has 272 valence electrons. The van der Waals surface area contributed by atoms with Crippen LogP contribution in [0.5, 0.6) is 0 Å². The number of nitrogens with two attached hydrogens (primary N) is 2. The Balaban J connectivity index is 0.000000196. The van der Waals surface area contributed by atoms with Crippen LogP contribution in [0.4, 0.5) is 20.2 Å². The number of hydrogen-bond acceptors (Lipinski definition) is 12. The largest absolute Gasteiger partial charge is 0.465 e. The number of aromatic amines is 1. The topological polar surface area (TPSA) is 202 Å². The first-order valence-corrected chi connectivity index (χ1v) is 15.9. The number of carbonyl (C=O) groups is 3.